The molecule has 0 amide bonds. The van der Waals surface area contributed by atoms with Crippen LogP contribution in [0.2, 0.25) is 5.02 Å². The van der Waals surface area contributed by atoms with Gasteiger partial charge in [-0.3, -0.25) is 0 Å². The Morgan fingerprint density at radius 1 is 1.39 bits per heavy atom. The van der Waals surface area contributed by atoms with E-state index < -0.39 is 15.6 Å². The molecule has 0 saturated carbocycles. The standard InChI is InChI=1S/C11H14Br2ClNO2S/c1-7(12)11(2,3)15-18(16,17)8-4-5-10(14)9(13)6-8/h4-7,15H,1-3H3. The average molecular weight is 420 g/mol. The minimum absolute atomic E-state index is 0.00415. The Morgan fingerprint density at radius 2 is 1.94 bits per heavy atom. The SMILES string of the molecule is CC(Br)C(C)(C)NS(=O)(=O)c1ccc(Cl)c(Br)c1. The Hall–Kier alpha value is 0.380. The summed E-state index contributed by atoms with van der Waals surface area (Å²) in [6.45, 7) is 5.52. The van der Waals surface area contributed by atoms with E-state index in [1.807, 2.05) is 20.8 Å². The molecule has 0 aromatic heterocycles. The van der Waals surface area contributed by atoms with Crippen LogP contribution >= 0.6 is 43.5 Å². The summed E-state index contributed by atoms with van der Waals surface area (Å²) in [7, 11) is -3.57. The number of rotatable bonds is 4. The molecule has 7 heteroatoms. The van der Waals surface area contributed by atoms with Gasteiger partial charge in [-0.05, 0) is 48.0 Å². The quantitative estimate of drug-likeness (QED) is 0.752. The molecule has 102 valence electrons. The van der Waals surface area contributed by atoms with Crippen LogP contribution in [-0.2, 0) is 10.0 Å². The number of alkyl halides is 1. The number of halogens is 3. The summed E-state index contributed by atoms with van der Waals surface area (Å²) in [5.41, 5.74) is -0.592. The van der Waals surface area contributed by atoms with Crippen LogP contribution in [-0.4, -0.2) is 18.8 Å². The van der Waals surface area contributed by atoms with Gasteiger partial charge in [-0.15, -0.1) is 0 Å². The third-order valence-electron chi connectivity index (χ3n) is 2.59. The lowest BCUT2D eigenvalue weighted by Crippen LogP contribution is -2.48. The van der Waals surface area contributed by atoms with E-state index in [1.54, 1.807) is 6.07 Å². The van der Waals surface area contributed by atoms with Crippen molar-refractivity contribution in [3.63, 3.8) is 0 Å². The van der Waals surface area contributed by atoms with Gasteiger partial charge in [0.15, 0.2) is 0 Å². The second-order valence-corrected chi connectivity index (χ2v) is 8.84. The van der Waals surface area contributed by atoms with Crippen LogP contribution in [0.1, 0.15) is 20.8 Å². The zero-order valence-corrected chi connectivity index (χ0v) is 14.9. The number of hydrogen-bond donors (Lipinski definition) is 1. The monoisotopic (exact) mass is 417 g/mol. The molecule has 18 heavy (non-hydrogen) atoms. The topological polar surface area (TPSA) is 46.2 Å². The van der Waals surface area contributed by atoms with Gasteiger partial charge in [0.1, 0.15) is 0 Å². The van der Waals surface area contributed by atoms with E-state index in [0.717, 1.165) is 0 Å². The van der Waals surface area contributed by atoms with E-state index in [0.29, 0.717) is 9.50 Å². The Bertz CT molecular complexity index is 544. The lowest BCUT2D eigenvalue weighted by molar-refractivity contribution is 0.454. The maximum atomic E-state index is 12.2. The highest BCUT2D eigenvalue weighted by Crippen LogP contribution is 2.26. The second-order valence-electron chi connectivity index (χ2n) is 4.52. The largest absolute Gasteiger partial charge is 0.241 e. The molecule has 0 bridgehead atoms. The van der Waals surface area contributed by atoms with Gasteiger partial charge in [-0.2, -0.15) is 0 Å². The number of sulfonamides is 1. The third kappa shape index (κ3) is 3.93. The molecule has 0 fully saturated rings. The molecule has 0 aliphatic carbocycles. The number of nitrogens with one attached hydrogen (secondary N) is 1. The van der Waals surface area contributed by atoms with Crippen molar-refractivity contribution in [1.82, 2.24) is 4.72 Å². The number of hydrogen-bond acceptors (Lipinski definition) is 2. The van der Waals surface area contributed by atoms with Crippen LogP contribution in [0, 0.1) is 0 Å². The van der Waals surface area contributed by atoms with Crippen molar-refractivity contribution in [2.75, 3.05) is 0 Å². The zero-order valence-electron chi connectivity index (χ0n) is 10.2. The maximum absolute atomic E-state index is 12.2. The fraction of sp³-hybridized carbons (Fsp3) is 0.455. The van der Waals surface area contributed by atoms with Crippen LogP contribution in [0.4, 0.5) is 0 Å². The highest BCUT2D eigenvalue weighted by molar-refractivity contribution is 9.10. The first-order valence-corrected chi connectivity index (χ1v) is 8.76. The van der Waals surface area contributed by atoms with Gasteiger partial charge < -0.3 is 0 Å². The molecule has 1 unspecified atom stereocenters. The highest BCUT2D eigenvalue weighted by atomic mass is 79.9. The van der Waals surface area contributed by atoms with Gasteiger partial charge >= 0.3 is 0 Å². The fourth-order valence-corrected chi connectivity index (χ4v) is 3.55. The van der Waals surface area contributed by atoms with E-state index in [2.05, 4.69) is 36.6 Å². The third-order valence-corrected chi connectivity index (χ3v) is 6.62. The van der Waals surface area contributed by atoms with Gasteiger partial charge in [-0.1, -0.05) is 34.5 Å². The molecule has 0 radical (unpaired) electrons. The maximum Gasteiger partial charge on any atom is 0.241 e. The molecule has 1 atom stereocenters. The van der Waals surface area contributed by atoms with Crippen LogP contribution in [0.15, 0.2) is 27.6 Å². The highest BCUT2D eigenvalue weighted by Gasteiger charge is 2.30. The Balaban J connectivity index is 3.11. The van der Waals surface area contributed by atoms with Gasteiger partial charge in [0, 0.05) is 14.8 Å². The lowest BCUT2D eigenvalue weighted by atomic mass is 10.0. The van der Waals surface area contributed by atoms with Crippen molar-refractivity contribution < 1.29 is 8.42 Å². The number of benzene rings is 1. The molecular weight excluding hydrogens is 405 g/mol. The summed E-state index contributed by atoms with van der Waals surface area (Å²) in [5, 5.41) is 0.474. The normalized spacial score (nSPS) is 14.6. The summed E-state index contributed by atoms with van der Waals surface area (Å²) in [6.07, 6.45) is 0. The van der Waals surface area contributed by atoms with Crippen LogP contribution in [0.3, 0.4) is 0 Å². The van der Waals surface area contributed by atoms with Crippen molar-refractivity contribution in [2.24, 2.45) is 0 Å². The van der Waals surface area contributed by atoms with Gasteiger partial charge in [0.2, 0.25) is 10.0 Å². The fourth-order valence-electron chi connectivity index (χ4n) is 1.13. The summed E-state index contributed by atoms with van der Waals surface area (Å²) in [5.74, 6) is 0. The van der Waals surface area contributed by atoms with E-state index >= 15 is 0 Å². The molecule has 0 spiro atoms. The Kier molecular flexibility index (Phi) is 5.29. The first-order valence-electron chi connectivity index (χ1n) is 5.19. The van der Waals surface area contributed by atoms with Crippen LogP contribution < -0.4 is 4.72 Å². The van der Waals surface area contributed by atoms with Crippen LogP contribution in [0.5, 0.6) is 0 Å². The van der Waals surface area contributed by atoms with Crippen molar-refractivity contribution in [1.29, 1.82) is 0 Å². The zero-order chi connectivity index (χ0) is 14.1. The van der Waals surface area contributed by atoms with Crippen molar-refractivity contribution in [3.8, 4) is 0 Å². The minimum atomic E-state index is -3.57. The Labute approximate surface area is 130 Å². The van der Waals surface area contributed by atoms with E-state index in [9.17, 15) is 8.42 Å². The summed E-state index contributed by atoms with van der Waals surface area (Å²) in [4.78, 5) is 0.176. The molecule has 3 nitrogen and oxygen atoms in total. The van der Waals surface area contributed by atoms with E-state index in [1.165, 1.54) is 12.1 Å². The Morgan fingerprint density at radius 3 is 2.39 bits per heavy atom. The molecule has 1 aromatic carbocycles. The van der Waals surface area contributed by atoms with Crippen molar-refractivity contribution >= 4 is 53.5 Å². The molecule has 0 saturated heterocycles. The molecule has 0 aliphatic heterocycles. The summed E-state index contributed by atoms with van der Waals surface area (Å²) in [6, 6.07) is 4.51. The smallest absolute Gasteiger partial charge is 0.207 e. The molecule has 1 rings (SSSR count). The molecule has 0 aliphatic rings. The minimum Gasteiger partial charge on any atom is -0.207 e. The van der Waals surface area contributed by atoms with E-state index in [-0.39, 0.29) is 9.72 Å². The summed E-state index contributed by atoms with van der Waals surface area (Å²) >= 11 is 12.4. The van der Waals surface area contributed by atoms with Crippen LogP contribution in [0.25, 0.3) is 0 Å². The van der Waals surface area contributed by atoms with E-state index in [4.69, 9.17) is 11.6 Å². The van der Waals surface area contributed by atoms with Crippen molar-refractivity contribution in [2.45, 2.75) is 36.0 Å². The molecule has 0 heterocycles. The predicted molar refractivity (Wildman–Crippen MR) is 81.9 cm³/mol. The molecule has 1 aromatic rings. The predicted octanol–water partition coefficient (Wildman–Crippen LogP) is 3.94. The molecule has 1 N–H and O–H groups in total. The molecular formula is C11H14Br2ClNO2S. The van der Waals surface area contributed by atoms with Gasteiger partial charge in [0.25, 0.3) is 0 Å². The second kappa shape index (κ2) is 5.79. The first-order chi connectivity index (χ1) is 8.06. The van der Waals surface area contributed by atoms with Gasteiger partial charge in [-0.25, -0.2) is 13.1 Å². The lowest BCUT2D eigenvalue weighted by Gasteiger charge is -2.28. The average Bonchev–Trinajstić information content (AvgIpc) is 2.20. The van der Waals surface area contributed by atoms with Crippen molar-refractivity contribution in [3.05, 3.63) is 27.7 Å². The van der Waals surface area contributed by atoms with Gasteiger partial charge in [0.05, 0.1) is 9.92 Å². The summed E-state index contributed by atoms with van der Waals surface area (Å²) < 4.78 is 27.6. The first kappa shape index (κ1) is 16.4.